The fourth-order valence-corrected chi connectivity index (χ4v) is 4.40. The Balaban J connectivity index is 1.65. The number of hydrogen-bond acceptors (Lipinski definition) is 5. The molecule has 0 radical (unpaired) electrons. The number of rotatable bonds is 6. The number of amides is 1. The van der Waals surface area contributed by atoms with Crippen LogP contribution in [0.1, 0.15) is 22.7 Å². The van der Waals surface area contributed by atoms with Gasteiger partial charge in [-0.25, -0.2) is 0 Å². The first-order chi connectivity index (χ1) is 18.0. The van der Waals surface area contributed by atoms with Gasteiger partial charge in [0.1, 0.15) is 23.0 Å². The van der Waals surface area contributed by atoms with Crippen LogP contribution in [0.25, 0.3) is 5.76 Å². The van der Waals surface area contributed by atoms with Crippen LogP contribution in [0.2, 0.25) is 0 Å². The number of anilines is 1. The lowest BCUT2D eigenvalue weighted by atomic mass is 9.95. The predicted octanol–water partition coefficient (Wildman–Crippen LogP) is 6.42. The predicted molar refractivity (Wildman–Crippen MR) is 142 cm³/mol. The maximum absolute atomic E-state index is 13.4. The number of nitrogens with zero attached hydrogens (tertiary/aromatic N) is 1. The van der Waals surface area contributed by atoms with Crippen molar-refractivity contribution in [1.29, 1.82) is 0 Å². The van der Waals surface area contributed by atoms with Crippen molar-refractivity contribution in [3.05, 3.63) is 125 Å². The molecule has 0 spiro atoms. The van der Waals surface area contributed by atoms with E-state index in [4.69, 9.17) is 9.47 Å². The van der Waals surface area contributed by atoms with Gasteiger partial charge >= 0.3 is 0 Å². The van der Waals surface area contributed by atoms with Crippen LogP contribution in [0.4, 0.5) is 5.69 Å². The molecule has 1 aliphatic heterocycles. The van der Waals surface area contributed by atoms with E-state index in [9.17, 15) is 14.7 Å². The molecule has 0 aliphatic carbocycles. The third kappa shape index (κ3) is 4.69. The van der Waals surface area contributed by atoms with Gasteiger partial charge in [0.15, 0.2) is 0 Å². The Morgan fingerprint density at radius 3 is 2.14 bits per heavy atom. The molecule has 1 amide bonds. The van der Waals surface area contributed by atoms with E-state index in [1.54, 1.807) is 61.7 Å². The molecule has 4 aromatic carbocycles. The first-order valence-corrected chi connectivity index (χ1v) is 11.8. The SMILES string of the molecule is COc1ccc(/C(O)=C2/C(=O)C(=O)N(c3ccc(C)cc3)C2c2cccc(Oc3ccccc3)c2)cc1. The standard InChI is InChI=1S/C31H25NO5/c1-20-11-15-23(16-12-20)32-28(22-7-6-10-26(19-22)37-25-8-4-3-5-9-25)27(30(34)31(32)35)29(33)21-13-17-24(36-2)18-14-21/h3-19,28,33H,1-2H3/b29-27-. The van der Waals surface area contributed by atoms with Crippen LogP contribution in [-0.4, -0.2) is 23.9 Å². The summed E-state index contributed by atoms with van der Waals surface area (Å²) in [7, 11) is 1.55. The van der Waals surface area contributed by atoms with Gasteiger partial charge in [0.2, 0.25) is 0 Å². The van der Waals surface area contributed by atoms with Gasteiger partial charge < -0.3 is 14.6 Å². The number of ether oxygens (including phenoxy) is 2. The van der Waals surface area contributed by atoms with Crippen molar-refractivity contribution in [2.24, 2.45) is 0 Å². The molecule has 6 heteroatoms. The zero-order chi connectivity index (χ0) is 25.9. The maximum atomic E-state index is 13.4. The zero-order valence-corrected chi connectivity index (χ0v) is 20.4. The molecule has 6 nitrogen and oxygen atoms in total. The zero-order valence-electron chi connectivity index (χ0n) is 20.4. The Bertz CT molecular complexity index is 1470. The van der Waals surface area contributed by atoms with Crippen LogP contribution < -0.4 is 14.4 Å². The Hall–Kier alpha value is -4.84. The quantitative estimate of drug-likeness (QED) is 0.191. The molecule has 1 atom stereocenters. The fourth-order valence-electron chi connectivity index (χ4n) is 4.40. The largest absolute Gasteiger partial charge is 0.507 e. The molecule has 1 aliphatic rings. The highest BCUT2D eigenvalue weighted by molar-refractivity contribution is 6.51. The minimum absolute atomic E-state index is 0.00704. The molecule has 1 saturated heterocycles. The monoisotopic (exact) mass is 491 g/mol. The van der Waals surface area contributed by atoms with Crippen molar-refractivity contribution < 1.29 is 24.2 Å². The van der Waals surface area contributed by atoms with Gasteiger partial charge in [-0.1, -0.05) is 48.0 Å². The van der Waals surface area contributed by atoms with E-state index < -0.39 is 17.7 Å². The van der Waals surface area contributed by atoms with E-state index in [1.807, 2.05) is 55.5 Å². The molecule has 0 aromatic heterocycles. The first-order valence-electron chi connectivity index (χ1n) is 11.8. The molecule has 184 valence electrons. The Kier molecular flexibility index (Phi) is 6.47. The van der Waals surface area contributed by atoms with E-state index in [1.165, 1.54) is 4.90 Å². The summed E-state index contributed by atoms with van der Waals surface area (Å²) in [6.07, 6.45) is 0. The number of para-hydroxylation sites is 1. The van der Waals surface area contributed by atoms with Crippen molar-refractivity contribution in [1.82, 2.24) is 0 Å². The van der Waals surface area contributed by atoms with Crippen LogP contribution in [0.3, 0.4) is 0 Å². The Labute approximate surface area is 215 Å². The summed E-state index contributed by atoms with van der Waals surface area (Å²) >= 11 is 0. The summed E-state index contributed by atoms with van der Waals surface area (Å²) < 4.78 is 11.2. The lowest BCUT2D eigenvalue weighted by molar-refractivity contribution is -0.132. The van der Waals surface area contributed by atoms with E-state index in [0.717, 1.165) is 5.56 Å². The number of ketones is 1. The molecule has 1 heterocycles. The number of aliphatic hydroxyl groups excluding tert-OH is 1. The smallest absolute Gasteiger partial charge is 0.300 e. The van der Waals surface area contributed by atoms with Gasteiger partial charge in [-0.3, -0.25) is 14.5 Å². The Morgan fingerprint density at radius 1 is 0.784 bits per heavy atom. The highest BCUT2D eigenvalue weighted by Crippen LogP contribution is 2.43. The summed E-state index contributed by atoms with van der Waals surface area (Å²) in [6.45, 7) is 1.95. The van der Waals surface area contributed by atoms with Crippen molar-refractivity contribution >= 4 is 23.1 Å². The van der Waals surface area contributed by atoms with E-state index in [0.29, 0.717) is 34.1 Å². The van der Waals surface area contributed by atoms with Crippen LogP contribution in [0.5, 0.6) is 17.2 Å². The molecule has 0 saturated carbocycles. The third-order valence-electron chi connectivity index (χ3n) is 6.27. The van der Waals surface area contributed by atoms with Crippen molar-refractivity contribution in [2.75, 3.05) is 12.0 Å². The molecular formula is C31H25NO5. The summed E-state index contributed by atoms with van der Waals surface area (Å²) in [5.41, 5.74) is 2.62. The van der Waals surface area contributed by atoms with Crippen LogP contribution >= 0.6 is 0 Å². The highest BCUT2D eigenvalue weighted by Gasteiger charge is 2.47. The number of aryl methyl sites for hydroxylation is 1. The van der Waals surface area contributed by atoms with E-state index in [2.05, 4.69) is 0 Å². The number of hydrogen-bond donors (Lipinski definition) is 1. The second-order valence-electron chi connectivity index (χ2n) is 8.72. The fraction of sp³-hybridized carbons (Fsp3) is 0.0968. The lowest BCUT2D eigenvalue weighted by Crippen LogP contribution is -2.29. The Morgan fingerprint density at radius 2 is 1.46 bits per heavy atom. The van der Waals surface area contributed by atoms with E-state index in [-0.39, 0.29) is 11.3 Å². The third-order valence-corrected chi connectivity index (χ3v) is 6.27. The van der Waals surface area contributed by atoms with Crippen molar-refractivity contribution in [3.8, 4) is 17.2 Å². The first kappa shape index (κ1) is 23.9. The van der Waals surface area contributed by atoms with Gasteiger partial charge in [-0.15, -0.1) is 0 Å². The minimum atomic E-state index is -0.857. The summed E-state index contributed by atoms with van der Waals surface area (Å²) in [5, 5.41) is 11.3. The lowest BCUT2D eigenvalue weighted by Gasteiger charge is -2.26. The van der Waals surface area contributed by atoms with Crippen LogP contribution in [-0.2, 0) is 9.59 Å². The molecule has 37 heavy (non-hydrogen) atoms. The average molecular weight is 492 g/mol. The number of aliphatic hydroxyl groups is 1. The van der Waals surface area contributed by atoms with Crippen molar-refractivity contribution in [2.45, 2.75) is 13.0 Å². The van der Waals surface area contributed by atoms with Crippen molar-refractivity contribution in [3.63, 3.8) is 0 Å². The van der Waals surface area contributed by atoms with Gasteiger partial charge in [0, 0.05) is 11.3 Å². The second-order valence-corrected chi connectivity index (χ2v) is 8.72. The number of methoxy groups -OCH3 is 1. The maximum Gasteiger partial charge on any atom is 0.300 e. The number of carbonyl (C=O) groups is 2. The second kappa shape index (κ2) is 10.0. The number of benzene rings is 4. The molecule has 4 aromatic rings. The molecule has 1 unspecified atom stereocenters. The molecule has 1 fully saturated rings. The van der Waals surface area contributed by atoms with Gasteiger partial charge in [-0.2, -0.15) is 0 Å². The van der Waals surface area contributed by atoms with Crippen LogP contribution in [0.15, 0.2) is 109 Å². The van der Waals surface area contributed by atoms with E-state index >= 15 is 0 Å². The molecule has 1 N–H and O–H groups in total. The molecular weight excluding hydrogens is 466 g/mol. The summed E-state index contributed by atoms with van der Waals surface area (Å²) in [5.74, 6) is 0.0913. The number of Topliss-reactive ketones (excluding diaryl/α,β-unsaturated/α-hetero) is 1. The number of carbonyl (C=O) groups excluding carboxylic acids is 2. The normalized spacial score (nSPS) is 16.6. The van der Waals surface area contributed by atoms with Gasteiger partial charge in [-0.05, 0) is 73.2 Å². The average Bonchev–Trinajstić information content (AvgIpc) is 3.19. The summed E-state index contributed by atoms with van der Waals surface area (Å²) in [4.78, 5) is 28.2. The topological polar surface area (TPSA) is 76.1 Å². The van der Waals surface area contributed by atoms with Gasteiger partial charge in [0.25, 0.3) is 11.7 Å². The summed E-state index contributed by atoms with van der Waals surface area (Å²) in [6, 6.07) is 29.7. The highest BCUT2D eigenvalue weighted by atomic mass is 16.5. The van der Waals surface area contributed by atoms with Crippen LogP contribution in [0, 0.1) is 6.92 Å². The molecule has 0 bridgehead atoms. The van der Waals surface area contributed by atoms with Gasteiger partial charge in [0.05, 0.1) is 18.7 Å². The minimum Gasteiger partial charge on any atom is -0.507 e. The molecule has 5 rings (SSSR count).